The molecule has 3 aromatic carbocycles. The lowest BCUT2D eigenvalue weighted by molar-refractivity contribution is -0.139. The molecule has 4 rings (SSSR count). The Morgan fingerprint density at radius 1 is 0.971 bits per heavy atom. The Labute approximate surface area is 198 Å². The van der Waals surface area contributed by atoms with Crippen molar-refractivity contribution in [2.75, 3.05) is 6.61 Å². The lowest BCUT2D eigenvalue weighted by Gasteiger charge is -2.19. The van der Waals surface area contributed by atoms with Crippen LogP contribution in [0.15, 0.2) is 66.7 Å². The highest BCUT2D eigenvalue weighted by atomic mass is 35.5. The molecule has 0 fully saturated rings. The van der Waals surface area contributed by atoms with Crippen LogP contribution in [0, 0.1) is 0 Å². The highest BCUT2D eigenvalue weighted by Crippen LogP contribution is 2.44. The van der Waals surface area contributed by atoms with Crippen LogP contribution in [-0.4, -0.2) is 29.8 Å². The predicted octanol–water partition coefficient (Wildman–Crippen LogP) is 5.89. The van der Waals surface area contributed by atoms with E-state index in [0.717, 1.165) is 34.4 Å². The van der Waals surface area contributed by atoms with Crippen molar-refractivity contribution in [2.24, 2.45) is 0 Å². The van der Waals surface area contributed by atoms with Crippen LogP contribution in [-0.2, 0) is 22.1 Å². The molecule has 0 saturated carbocycles. The van der Waals surface area contributed by atoms with Gasteiger partial charge in [0.25, 0.3) is 0 Å². The van der Waals surface area contributed by atoms with Gasteiger partial charge < -0.3 is 15.2 Å². The molecule has 5 nitrogen and oxygen atoms in total. The highest BCUT2D eigenvalue weighted by molar-refractivity contribution is 6.32. The second-order valence-electron chi connectivity index (χ2n) is 7.84. The van der Waals surface area contributed by atoms with Gasteiger partial charge in [0.2, 0.25) is 0 Å². The fraction of sp³-hybridized carbons (Fsp3) is 0.200. The van der Waals surface area contributed by atoms with Crippen molar-refractivity contribution in [1.29, 1.82) is 0 Å². The van der Waals surface area contributed by atoms with E-state index in [4.69, 9.17) is 16.3 Å². The second kappa shape index (κ2) is 9.38. The Kier molecular flexibility index (Phi) is 6.52. The molecule has 1 aliphatic rings. The number of fused-ring (bicyclic) bond motifs is 3. The number of rotatable bonds is 6. The number of carbonyl (C=O) groups excluding carboxylic acids is 1. The topological polar surface area (TPSA) is 75.6 Å². The molecule has 9 heteroatoms. The van der Waals surface area contributed by atoms with Crippen LogP contribution in [0.4, 0.5) is 18.0 Å². The number of benzene rings is 3. The molecular weight excluding hydrogens is 471 g/mol. The number of carboxylic acids is 1. The summed E-state index contributed by atoms with van der Waals surface area (Å²) in [6.45, 7) is -0.0312. The first-order valence-electron chi connectivity index (χ1n) is 10.4. The normalized spacial score (nSPS) is 13.6. The zero-order chi connectivity index (χ0) is 24.5. The summed E-state index contributed by atoms with van der Waals surface area (Å²) < 4.78 is 44.7. The van der Waals surface area contributed by atoms with E-state index < -0.39 is 41.3 Å². The van der Waals surface area contributed by atoms with E-state index in [9.17, 15) is 27.9 Å². The van der Waals surface area contributed by atoms with E-state index in [1.807, 2.05) is 48.5 Å². The maximum absolute atomic E-state index is 13.1. The summed E-state index contributed by atoms with van der Waals surface area (Å²) in [6.07, 6.45) is -6.12. The molecule has 176 valence electrons. The van der Waals surface area contributed by atoms with Crippen LogP contribution in [0.3, 0.4) is 0 Å². The fourth-order valence-corrected chi connectivity index (χ4v) is 4.47. The Morgan fingerprint density at radius 2 is 1.56 bits per heavy atom. The van der Waals surface area contributed by atoms with Gasteiger partial charge in [-0.3, -0.25) is 0 Å². The van der Waals surface area contributed by atoms with Crippen LogP contribution in [0.1, 0.15) is 28.2 Å². The van der Waals surface area contributed by atoms with Crippen LogP contribution >= 0.6 is 11.6 Å². The summed E-state index contributed by atoms with van der Waals surface area (Å²) >= 11 is 5.86. The van der Waals surface area contributed by atoms with Gasteiger partial charge in [-0.05, 0) is 33.9 Å². The molecule has 1 unspecified atom stereocenters. The van der Waals surface area contributed by atoms with E-state index in [1.165, 1.54) is 6.07 Å². The minimum atomic E-state index is -4.69. The first-order chi connectivity index (χ1) is 16.2. The number of nitrogens with one attached hydrogen (secondary N) is 1. The number of ether oxygens (including phenoxy) is 1. The molecule has 0 aliphatic heterocycles. The van der Waals surface area contributed by atoms with Crippen LogP contribution < -0.4 is 5.32 Å². The molecule has 1 atom stereocenters. The van der Waals surface area contributed by atoms with E-state index in [1.54, 1.807) is 0 Å². The summed E-state index contributed by atoms with van der Waals surface area (Å²) in [7, 11) is 0. The van der Waals surface area contributed by atoms with Gasteiger partial charge in [0.05, 0.1) is 10.6 Å². The van der Waals surface area contributed by atoms with Gasteiger partial charge in [0.15, 0.2) is 0 Å². The number of halogens is 4. The predicted molar refractivity (Wildman–Crippen MR) is 120 cm³/mol. The van der Waals surface area contributed by atoms with Gasteiger partial charge in [-0.2, -0.15) is 13.2 Å². The lowest BCUT2D eigenvalue weighted by Crippen LogP contribution is -2.43. The molecule has 34 heavy (non-hydrogen) atoms. The quantitative estimate of drug-likeness (QED) is 0.452. The molecule has 1 amide bonds. The van der Waals surface area contributed by atoms with E-state index in [2.05, 4.69) is 5.32 Å². The summed E-state index contributed by atoms with van der Waals surface area (Å²) in [5, 5.41) is 11.1. The van der Waals surface area contributed by atoms with E-state index in [0.29, 0.717) is 0 Å². The SMILES string of the molecule is O=C(NC(Cc1cccc(C(F)(F)F)c1Cl)C(=O)O)OCC1c2ccccc2-c2ccccc21. The van der Waals surface area contributed by atoms with Gasteiger partial charge in [-0.1, -0.05) is 72.3 Å². The molecule has 0 radical (unpaired) electrons. The van der Waals surface area contributed by atoms with Crippen molar-refractivity contribution in [3.05, 3.63) is 94.0 Å². The molecule has 0 heterocycles. The number of hydrogen-bond donors (Lipinski definition) is 2. The maximum atomic E-state index is 13.1. The minimum Gasteiger partial charge on any atom is -0.480 e. The fourth-order valence-electron chi connectivity index (χ4n) is 4.16. The first kappa shape index (κ1) is 23.6. The summed E-state index contributed by atoms with van der Waals surface area (Å²) in [5.74, 6) is -1.65. The third kappa shape index (κ3) is 4.72. The molecular formula is C25H19ClF3NO4. The van der Waals surface area contributed by atoms with Crippen molar-refractivity contribution >= 4 is 23.7 Å². The molecule has 1 aliphatic carbocycles. The Bertz CT molecular complexity index is 1200. The van der Waals surface area contributed by atoms with Crippen molar-refractivity contribution in [2.45, 2.75) is 24.6 Å². The zero-order valence-corrected chi connectivity index (χ0v) is 18.4. The standard InChI is InChI=1S/C25H19ClF3NO4/c26-22-14(6-5-11-20(22)25(27,28)29)12-21(23(31)32)30-24(33)34-13-19-17-9-3-1-7-15(17)16-8-2-4-10-18(16)19/h1-11,19,21H,12-13H2,(H,30,33)(H,31,32). The number of alkyl halides is 3. The van der Waals surface area contributed by atoms with Crippen molar-refractivity contribution in [3.8, 4) is 11.1 Å². The molecule has 0 spiro atoms. The average Bonchev–Trinajstić information content (AvgIpc) is 3.11. The smallest absolute Gasteiger partial charge is 0.417 e. The monoisotopic (exact) mass is 489 g/mol. The van der Waals surface area contributed by atoms with Gasteiger partial charge in [0, 0.05) is 12.3 Å². The van der Waals surface area contributed by atoms with Crippen LogP contribution in [0.5, 0.6) is 0 Å². The average molecular weight is 490 g/mol. The number of hydrogen-bond acceptors (Lipinski definition) is 3. The third-order valence-corrected chi connectivity index (χ3v) is 6.19. The molecule has 0 bridgehead atoms. The Balaban J connectivity index is 1.46. The van der Waals surface area contributed by atoms with Crippen LogP contribution in [0.2, 0.25) is 5.02 Å². The minimum absolute atomic E-state index is 0.0312. The third-order valence-electron chi connectivity index (χ3n) is 5.74. The van der Waals surface area contributed by atoms with Crippen molar-refractivity contribution < 1.29 is 32.6 Å². The highest BCUT2D eigenvalue weighted by Gasteiger charge is 2.35. The summed E-state index contributed by atoms with van der Waals surface area (Å²) in [4.78, 5) is 24.1. The van der Waals surface area contributed by atoms with Crippen molar-refractivity contribution in [3.63, 3.8) is 0 Å². The number of alkyl carbamates (subject to hydrolysis) is 1. The van der Waals surface area contributed by atoms with E-state index >= 15 is 0 Å². The summed E-state index contributed by atoms with van der Waals surface area (Å²) in [5.41, 5.74) is 2.92. The van der Waals surface area contributed by atoms with Crippen LogP contribution in [0.25, 0.3) is 11.1 Å². The van der Waals surface area contributed by atoms with Gasteiger partial charge >= 0.3 is 18.2 Å². The summed E-state index contributed by atoms with van der Waals surface area (Å²) in [6, 6.07) is 17.1. The number of carboxylic acid groups (broad SMARTS) is 1. The number of amides is 1. The maximum Gasteiger partial charge on any atom is 0.417 e. The largest absolute Gasteiger partial charge is 0.480 e. The molecule has 0 saturated heterocycles. The lowest BCUT2D eigenvalue weighted by atomic mass is 9.98. The number of carbonyl (C=O) groups is 2. The second-order valence-corrected chi connectivity index (χ2v) is 8.22. The number of aliphatic carboxylic acids is 1. The first-order valence-corrected chi connectivity index (χ1v) is 10.7. The van der Waals surface area contributed by atoms with Gasteiger partial charge in [-0.25, -0.2) is 9.59 Å². The van der Waals surface area contributed by atoms with Gasteiger partial charge in [0.1, 0.15) is 12.6 Å². The zero-order valence-electron chi connectivity index (χ0n) is 17.6. The molecule has 0 aromatic heterocycles. The van der Waals surface area contributed by atoms with Gasteiger partial charge in [-0.15, -0.1) is 0 Å². The van der Waals surface area contributed by atoms with E-state index in [-0.39, 0.29) is 18.1 Å². The van der Waals surface area contributed by atoms with Crippen molar-refractivity contribution in [1.82, 2.24) is 5.32 Å². The molecule has 2 N–H and O–H groups in total. The Hall–Kier alpha value is -3.52. The Morgan fingerprint density at radius 3 is 2.12 bits per heavy atom. The molecule has 3 aromatic rings.